The molecule has 1 atom stereocenters. The Balaban J connectivity index is 2.36. The number of benzene rings is 2. The fourth-order valence-corrected chi connectivity index (χ4v) is 3.43. The van der Waals surface area contributed by atoms with Gasteiger partial charge in [0.25, 0.3) is 0 Å². The summed E-state index contributed by atoms with van der Waals surface area (Å²) in [5.41, 5.74) is 0.565. The molecule has 0 aliphatic carbocycles. The first kappa shape index (κ1) is 24.2. The first-order valence-corrected chi connectivity index (χ1v) is 10.6. The van der Waals surface area contributed by atoms with E-state index in [-0.39, 0.29) is 30.3 Å². The van der Waals surface area contributed by atoms with E-state index in [0.717, 1.165) is 5.56 Å². The second kappa shape index (κ2) is 10.3. The molecule has 0 bridgehead atoms. The van der Waals surface area contributed by atoms with Crippen LogP contribution in [-0.2, 0) is 22.6 Å². The molecule has 7 heteroatoms. The smallest absolute Gasteiger partial charge is 0.243 e. The Labute approximate surface area is 187 Å². The Hall–Kier alpha value is -2.11. The lowest BCUT2D eigenvalue weighted by atomic mass is 10.0. The van der Waals surface area contributed by atoms with Crippen LogP contribution in [0, 0.1) is 5.82 Å². The number of halogens is 3. The monoisotopic (exact) mass is 452 g/mol. The van der Waals surface area contributed by atoms with E-state index >= 15 is 0 Å². The second-order valence-corrected chi connectivity index (χ2v) is 9.02. The predicted octanol–water partition coefficient (Wildman–Crippen LogP) is 5.40. The van der Waals surface area contributed by atoms with Crippen molar-refractivity contribution in [2.24, 2.45) is 0 Å². The van der Waals surface area contributed by atoms with Gasteiger partial charge in [-0.3, -0.25) is 9.59 Å². The lowest BCUT2D eigenvalue weighted by Crippen LogP contribution is -2.53. The van der Waals surface area contributed by atoms with Crippen molar-refractivity contribution in [1.29, 1.82) is 0 Å². The van der Waals surface area contributed by atoms with Gasteiger partial charge in [-0.2, -0.15) is 0 Å². The van der Waals surface area contributed by atoms with Crippen molar-refractivity contribution in [2.75, 3.05) is 0 Å². The topological polar surface area (TPSA) is 49.4 Å². The minimum absolute atomic E-state index is 0.146. The first-order chi connectivity index (χ1) is 14.0. The van der Waals surface area contributed by atoms with E-state index in [0.29, 0.717) is 16.5 Å². The predicted molar refractivity (Wildman–Crippen MR) is 119 cm³/mol. The number of hydrogen-bond donors (Lipinski definition) is 1. The Morgan fingerprint density at radius 3 is 2.33 bits per heavy atom. The van der Waals surface area contributed by atoms with Crippen molar-refractivity contribution in [1.82, 2.24) is 10.2 Å². The zero-order valence-corrected chi connectivity index (χ0v) is 19.1. The van der Waals surface area contributed by atoms with Crippen LogP contribution in [0.5, 0.6) is 0 Å². The van der Waals surface area contributed by atoms with Gasteiger partial charge in [0.15, 0.2) is 0 Å². The van der Waals surface area contributed by atoms with Gasteiger partial charge in [-0.15, -0.1) is 0 Å². The van der Waals surface area contributed by atoms with Gasteiger partial charge in [-0.05, 0) is 56.5 Å². The van der Waals surface area contributed by atoms with Crippen LogP contribution < -0.4 is 5.32 Å². The summed E-state index contributed by atoms with van der Waals surface area (Å²) in [7, 11) is 0. The number of nitrogens with one attached hydrogen (secondary N) is 1. The standard InChI is InChI=1S/C23H27Cl2FN2O2/c1-5-20(22(30)27-23(2,3)4)28(14-15-10-11-17(24)18(25)12-15)21(29)13-16-8-6-7-9-19(16)26/h6-12,20H,5,13-14H2,1-4H3,(H,27,30). The van der Waals surface area contributed by atoms with Gasteiger partial charge in [0, 0.05) is 12.1 Å². The van der Waals surface area contributed by atoms with Crippen molar-refractivity contribution in [2.45, 2.75) is 58.7 Å². The maximum atomic E-state index is 14.1. The van der Waals surface area contributed by atoms with Crippen LogP contribution in [0.25, 0.3) is 0 Å². The Morgan fingerprint density at radius 1 is 1.10 bits per heavy atom. The fraction of sp³-hybridized carbons (Fsp3) is 0.391. The zero-order chi connectivity index (χ0) is 22.5. The van der Waals surface area contributed by atoms with Crippen molar-refractivity contribution in [3.63, 3.8) is 0 Å². The third-order valence-electron chi connectivity index (χ3n) is 4.52. The molecule has 1 unspecified atom stereocenters. The van der Waals surface area contributed by atoms with Crippen LogP contribution in [-0.4, -0.2) is 28.3 Å². The van der Waals surface area contributed by atoms with Gasteiger partial charge in [0.2, 0.25) is 11.8 Å². The average Bonchev–Trinajstić information content (AvgIpc) is 2.64. The fourth-order valence-electron chi connectivity index (χ4n) is 3.11. The van der Waals surface area contributed by atoms with Crippen LogP contribution >= 0.6 is 23.2 Å². The summed E-state index contributed by atoms with van der Waals surface area (Å²) in [4.78, 5) is 27.6. The largest absolute Gasteiger partial charge is 0.350 e. The number of amides is 2. The van der Waals surface area contributed by atoms with E-state index in [1.165, 1.54) is 11.0 Å². The molecular weight excluding hydrogens is 426 g/mol. The van der Waals surface area contributed by atoms with Crippen LogP contribution in [0.2, 0.25) is 10.0 Å². The normalized spacial score (nSPS) is 12.4. The molecule has 1 N–H and O–H groups in total. The quantitative estimate of drug-likeness (QED) is 0.611. The molecule has 0 radical (unpaired) electrons. The highest BCUT2D eigenvalue weighted by Gasteiger charge is 2.31. The van der Waals surface area contributed by atoms with Crippen molar-refractivity contribution >= 4 is 35.0 Å². The number of carbonyl (C=O) groups excluding carboxylic acids is 2. The lowest BCUT2D eigenvalue weighted by molar-refractivity contribution is -0.141. The van der Waals surface area contributed by atoms with E-state index in [4.69, 9.17) is 23.2 Å². The van der Waals surface area contributed by atoms with Gasteiger partial charge in [0.1, 0.15) is 11.9 Å². The molecule has 2 aromatic carbocycles. The summed E-state index contributed by atoms with van der Waals surface area (Å²) >= 11 is 12.1. The molecular formula is C23H27Cl2FN2O2. The molecule has 30 heavy (non-hydrogen) atoms. The average molecular weight is 453 g/mol. The highest BCUT2D eigenvalue weighted by molar-refractivity contribution is 6.42. The molecule has 2 aromatic rings. The molecule has 2 rings (SSSR count). The Bertz CT molecular complexity index is 912. The van der Waals surface area contributed by atoms with Gasteiger partial charge < -0.3 is 10.2 Å². The van der Waals surface area contributed by atoms with Gasteiger partial charge in [-0.1, -0.05) is 54.4 Å². The van der Waals surface area contributed by atoms with Crippen molar-refractivity contribution in [3.05, 3.63) is 69.5 Å². The van der Waals surface area contributed by atoms with Gasteiger partial charge in [-0.25, -0.2) is 4.39 Å². The molecule has 2 amide bonds. The van der Waals surface area contributed by atoms with Crippen molar-refractivity contribution < 1.29 is 14.0 Å². The summed E-state index contributed by atoms with van der Waals surface area (Å²) in [6, 6.07) is 10.5. The molecule has 0 spiro atoms. The minimum atomic E-state index is -0.710. The van der Waals surface area contributed by atoms with E-state index in [2.05, 4.69) is 5.32 Å². The summed E-state index contributed by atoms with van der Waals surface area (Å²) in [6.45, 7) is 7.62. The molecule has 0 aliphatic heterocycles. The summed E-state index contributed by atoms with van der Waals surface area (Å²) in [5, 5.41) is 3.70. The van der Waals surface area contributed by atoms with Crippen LogP contribution in [0.3, 0.4) is 0 Å². The Kier molecular flexibility index (Phi) is 8.27. The van der Waals surface area contributed by atoms with Crippen LogP contribution in [0.1, 0.15) is 45.2 Å². The maximum Gasteiger partial charge on any atom is 0.243 e. The van der Waals surface area contributed by atoms with Crippen molar-refractivity contribution in [3.8, 4) is 0 Å². The second-order valence-electron chi connectivity index (χ2n) is 8.20. The van der Waals surface area contributed by atoms with E-state index in [9.17, 15) is 14.0 Å². The molecule has 0 saturated heterocycles. The maximum absolute atomic E-state index is 14.1. The van der Waals surface area contributed by atoms with Crippen LogP contribution in [0.4, 0.5) is 4.39 Å². The summed E-state index contributed by atoms with van der Waals surface area (Å²) < 4.78 is 14.1. The molecule has 0 aromatic heterocycles. The Morgan fingerprint density at radius 2 is 1.77 bits per heavy atom. The highest BCUT2D eigenvalue weighted by Crippen LogP contribution is 2.24. The lowest BCUT2D eigenvalue weighted by Gasteiger charge is -2.33. The minimum Gasteiger partial charge on any atom is -0.350 e. The van der Waals surface area contributed by atoms with E-state index in [1.54, 1.807) is 36.4 Å². The number of rotatable bonds is 7. The molecule has 162 valence electrons. The summed E-state index contributed by atoms with van der Waals surface area (Å²) in [5.74, 6) is -1.05. The van der Waals surface area contributed by atoms with Gasteiger partial charge >= 0.3 is 0 Å². The van der Waals surface area contributed by atoms with E-state index in [1.807, 2.05) is 27.7 Å². The third kappa shape index (κ3) is 6.71. The molecule has 0 fully saturated rings. The number of hydrogen-bond acceptors (Lipinski definition) is 2. The third-order valence-corrected chi connectivity index (χ3v) is 5.26. The molecule has 0 saturated carbocycles. The highest BCUT2D eigenvalue weighted by atomic mass is 35.5. The molecule has 0 aliphatic rings. The zero-order valence-electron chi connectivity index (χ0n) is 17.6. The first-order valence-electron chi connectivity index (χ1n) is 9.80. The summed E-state index contributed by atoms with van der Waals surface area (Å²) in [6.07, 6.45) is 0.263. The molecule has 0 heterocycles. The van der Waals surface area contributed by atoms with E-state index < -0.39 is 17.4 Å². The number of nitrogens with zero attached hydrogens (tertiary/aromatic N) is 1. The van der Waals surface area contributed by atoms with Crippen LogP contribution in [0.15, 0.2) is 42.5 Å². The SMILES string of the molecule is CCC(C(=O)NC(C)(C)C)N(Cc1ccc(Cl)c(Cl)c1)C(=O)Cc1ccccc1F. The van der Waals surface area contributed by atoms with Gasteiger partial charge in [0.05, 0.1) is 16.5 Å². The molecule has 4 nitrogen and oxygen atoms in total. The number of carbonyl (C=O) groups is 2.